The summed E-state index contributed by atoms with van der Waals surface area (Å²) < 4.78 is 0. The number of thioether (sulfide) groups is 1. The molecule has 0 aliphatic carbocycles. The van der Waals surface area contributed by atoms with Crippen LogP contribution < -0.4 is 4.90 Å². The van der Waals surface area contributed by atoms with Crippen LogP contribution in [0.3, 0.4) is 0 Å². The van der Waals surface area contributed by atoms with Crippen molar-refractivity contribution in [2.75, 3.05) is 4.90 Å². The molecule has 0 saturated heterocycles. The number of halogens is 1. The minimum absolute atomic E-state index is 0.297. The monoisotopic (exact) mass is 329 g/mol. The fraction of sp³-hybridized carbons (Fsp3) is 0.0588. The van der Waals surface area contributed by atoms with Gasteiger partial charge in [0, 0.05) is 16.0 Å². The smallest absolute Gasteiger partial charge is 0.269 e. The van der Waals surface area contributed by atoms with Gasteiger partial charge in [-0.3, -0.25) is 9.59 Å². The van der Waals surface area contributed by atoms with Crippen molar-refractivity contribution in [3.8, 4) is 0 Å². The quantitative estimate of drug-likeness (QED) is 0.792. The lowest BCUT2D eigenvalue weighted by Crippen LogP contribution is -2.30. The third-order valence-electron chi connectivity index (χ3n) is 3.22. The fourth-order valence-electron chi connectivity index (χ4n) is 2.09. The number of rotatable bonds is 3. The number of benzene rings is 2. The number of imide groups is 1. The number of nitrogens with zero attached hydrogens (tertiary/aromatic N) is 1. The van der Waals surface area contributed by atoms with Gasteiger partial charge in [0.1, 0.15) is 0 Å². The van der Waals surface area contributed by atoms with Gasteiger partial charge in [0.15, 0.2) is 0 Å². The minimum atomic E-state index is -0.315. The molecule has 0 unspecified atom stereocenters. The van der Waals surface area contributed by atoms with E-state index in [1.54, 1.807) is 24.3 Å². The number of hydrogen-bond acceptors (Lipinski definition) is 3. The first-order valence-corrected chi connectivity index (χ1v) is 7.84. The Hall–Kier alpha value is -2.04. The zero-order valence-corrected chi connectivity index (χ0v) is 13.3. The molecule has 3 rings (SSSR count). The van der Waals surface area contributed by atoms with Crippen molar-refractivity contribution >= 4 is 40.9 Å². The van der Waals surface area contributed by atoms with Crippen molar-refractivity contribution in [3.63, 3.8) is 0 Å². The Morgan fingerprint density at radius 3 is 2.23 bits per heavy atom. The zero-order chi connectivity index (χ0) is 15.7. The van der Waals surface area contributed by atoms with E-state index in [1.807, 2.05) is 31.2 Å². The molecule has 1 heterocycles. The normalized spacial score (nSPS) is 14.5. The summed E-state index contributed by atoms with van der Waals surface area (Å²) in [5.41, 5.74) is 1.66. The van der Waals surface area contributed by atoms with E-state index in [0.717, 1.165) is 10.5 Å². The van der Waals surface area contributed by atoms with E-state index in [-0.39, 0.29) is 11.8 Å². The van der Waals surface area contributed by atoms with Crippen LogP contribution in [-0.2, 0) is 9.59 Å². The maximum absolute atomic E-state index is 12.5. The Balaban J connectivity index is 1.82. The van der Waals surface area contributed by atoms with Crippen molar-refractivity contribution < 1.29 is 9.59 Å². The molecule has 0 atom stereocenters. The predicted molar refractivity (Wildman–Crippen MR) is 89.1 cm³/mol. The lowest BCUT2D eigenvalue weighted by atomic mass is 10.2. The Labute approximate surface area is 137 Å². The van der Waals surface area contributed by atoms with Crippen LogP contribution in [0.2, 0.25) is 5.02 Å². The first kappa shape index (κ1) is 14.9. The van der Waals surface area contributed by atoms with E-state index >= 15 is 0 Å². The van der Waals surface area contributed by atoms with E-state index in [1.165, 1.54) is 22.7 Å². The number of hydrogen-bond donors (Lipinski definition) is 0. The molecule has 2 aromatic carbocycles. The molecule has 1 aliphatic rings. The predicted octanol–water partition coefficient (Wildman–Crippen LogP) is 4.20. The van der Waals surface area contributed by atoms with Gasteiger partial charge in [-0.25, -0.2) is 4.90 Å². The van der Waals surface area contributed by atoms with E-state index in [9.17, 15) is 9.59 Å². The summed E-state index contributed by atoms with van der Waals surface area (Å²) in [6, 6.07) is 14.4. The van der Waals surface area contributed by atoms with Gasteiger partial charge in [-0.2, -0.15) is 0 Å². The third kappa shape index (κ3) is 2.93. The molecule has 22 heavy (non-hydrogen) atoms. The Kier molecular flexibility index (Phi) is 4.05. The highest BCUT2D eigenvalue weighted by molar-refractivity contribution is 8.04. The first-order chi connectivity index (χ1) is 10.5. The minimum Gasteiger partial charge on any atom is -0.269 e. The van der Waals surface area contributed by atoms with Gasteiger partial charge in [0.25, 0.3) is 11.8 Å². The van der Waals surface area contributed by atoms with E-state index in [4.69, 9.17) is 11.6 Å². The summed E-state index contributed by atoms with van der Waals surface area (Å²) in [5.74, 6) is -0.612. The molecule has 2 amide bonds. The summed E-state index contributed by atoms with van der Waals surface area (Å²) in [5, 5.41) is 0.633. The maximum atomic E-state index is 12.5. The van der Waals surface area contributed by atoms with Crippen LogP contribution in [0.1, 0.15) is 5.56 Å². The molecule has 5 heteroatoms. The Bertz CT molecular complexity index is 766. The van der Waals surface area contributed by atoms with Crippen LogP contribution in [0.15, 0.2) is 64.4 Å². The molecule has 0 fully saturated rings. The average molecular weight is 330 g/mol. The molecule has 0 spiro atoms. The number of carbonyl (C=O) groups is 2. The van der Waals surface area contributed by atoms with Gasteiger partial charge >= 0.3 is 0 Å². The van der Waals surface area contributed by atoms with Gasteiger partial charge in [0.05, 0.1) is 10.6 Å². The highest BCUT2D eigenvalue weighted by Gasteiger charge is 2.32. The maximum Gasteiger partial charge on any atom is 0.272 e. The van der Waals surface area contributed by atoms with E-state index < -0.39 is 0 Å². The Morgan fingerprint density at radius 2 is 1.59 bits per heavy atom. The lowest BCUT2D eigenvalue weighted by molar-refractivity contribution is -0.120. The zero-order valence-electron chi connectivity index (χ0n) is 11.7. The molecule has 110 valence electrons. The van der Waals surface area contributed by atoms with Crippen LogP contribution in [0.4, 0.5) is 5.69 Å². The summed E-state index contributed by atoms with van der Waals surface area (Å²) >= 11 is 7.11. The van der Waals surface area contributed by atoms with E-state index in [2.05, 4.69) is 0 Å². The number of aryl methyl sites for hydroxylation is 1. The number of anilines is 1. The van der Waals surface area contributed by atoms with Crippen LogP contribution in [0.25, 0.3) is 0 Å². The molecule has 0 saturated carbocycles. The molecule has 0 N–H and O–H groups in total. The molecule has 0 bridgehead atoms. The van der Waals surface area contributed by atoms with Crippen molar-refractivity contribution in [2.45, 2.75) is 11.8 Å². The van der Waals surface area contributed by atoms with E-state index in [0.29, 0.717) is 15.6 Å². The topological polar surface area (TPSA) is 37.4 Å². The highest BCUT2D eigenvalue weighted by atomic mass is 35.5. The van der Waals surface area contributed by atoms with Crippen molar-refractivity contribution in [2.24, 2.45) is 0 Å². The van der Waals surface area contributed by atoms with Gasteiger partial charge in [-0.05, 0) is 43.3 Å². The average Bonchev–Trinajstić information content (AvgIpc) is 2.77. The standard InChI is InChI=1S/C17H12ClNO2S/c1-11-2-6-13(7-3-11)19-16(20)10-15(17(19)21)22-14-8-4-12(18)5-9-14/h2-10H,1H3. The summed E-state index contributed by atoms with van der Waals surface area (Å²) in [7, 11) is 0. The first-order valence-electron chi connectivity index (χ1n) is 6.65. The molecule has 0 aromatic heterocycles. The largest absolute Gasteiger partial charge is 0.272 e. The number of amides is 2. The SMILES string of the molecule is Cc1ccc(N2C(=O)C=C(Sc3ccc(Cl)cc3)C2=O)cc1. The molecule has 1 aliphatic heterocycles. The molecule has 2 aromatic rings. The van der Waals surface area contributed by atoms with Gasteiger partial charge in [-0.1, -0.05) is 41.1 Å². The summed E-state index contributed by atoms with van der Waals surface area (Å²) in [6.07, 6.45) is 1.38. The summed E-state index contributed by atoms with van der Waals surface area (Å²) in [6.45, 7) is 1.96. The van der Waals surface area contributed by atoms with Crippen LogP contribution in [0.5, 0.6) is 0 Å². The van der Waals surface area contributed by atoms with Gasteiger partial charge in [0.2, 0.25) is 0 Å². The van der Waals surface area contributed by atoms with Gasteiger partial charge < -0.3 is 0 Å². The second-order valence-electron chi connectivity index (χ2n) is 4.88. The second-order valence-corrected chi connectivity index (χ2v) is 6.43. The lowest BCUT2D eigenvalue weighted by Gasteiger charge is -2.14. The third-order valence-corrected chi connectivity index (χ3v) is 4.49. The van der Waals surface area contributed by atoms with Crippen LogP contribution in [0, 0.1) is 6.92 Å². The molecular weight excluding hydrogens is 318 g/mol. The Morgan fingerprint density at radius 1 is 0.955 bits per heavy atom. The molecular formula is C17H12ClNO2S. The molecule has 3 nitrogen and oxygen atoms in total. The van der Waals surface area contributed by atoms with Crippen LogP contribution >= 0.6 is 23.4 Å². The molecule has 0 radical (unpaired) electrons. The van der Waals surface area contributed by atoms with Crippen molar-refractivity contribution in [1.82, 2.24) is 0 Å². The second kappa shape index (κ2) is 5.99. The highest BCUT2D eigenvalue weighted by Crippen LogP contribution is 2.34. The fourth-order valence-corrected chi connectivity index (χ4v) is 3.08. The number of carbonyl (C=O) groups excluding carboxylic acids is 2. The van der Waals surface area contributed by atoms with Gasteiger partial charge in [-0.15, -0.1) is 0 Å². The van der Waals surface area contributed by atoms with Crippen molar-refractivity contribution in [3.05, 3.63) is 70.1 Å². The van der Waals surface area contributed by atoms with Crippen molar-refractivity contribution in [1.29, 1.82) is 0 Å². The summed E-state index contributed by atoms with van der Waals surface area (Å²) in [4.78, 5) is 27.0. The van der Waals surface area contributed by atoms with Crippen LogP contribution in [-0.4, -0.2) is 11.8 Å².